The standard InChI is InChI=1S/C20H17FN2O5S/c1-27-15-8-7-14-9-17(28-12-13-5-3-2-4-6-13)20(19(21)16(14)10-15)23-11-18(24)22-29(23,25)26/h2-10H,11-12H2,1H3,(H,22,24). The first-order valence-corrected chi connectivity index (χ1v) is 10.1. The van der Waals surface area contributed by atoms with E-state index in [4.69, 9.17) is 9.47 Å². The summed E-state index contributed by atoms with van der Waals surface area (Å²) in [7, 11) is -2.77. The summed E-state index contributed by atoms with van der Waals surface area (Å²) in [5, 5.41) is 0.659. The van der Waals surface area contributed by atoms with E-state index in [1.165, 1.54) is 13.2 Å². The van der Waals surface area contributed by atoms with Crippen LogP contribution in [0.1, 0.15) is 5.56 Å². The number of nitrogens with one attached hydrogen (secondary N) is 1. The maximum absolute atomic E-state index is 15.5. The van der Waals surface area contributed by atoms with Gasteiger partial charge in [0.1, 0.15) is 30.3 Å². The Morgan fingerprint density at radius 1 is 1.14 bits per heavy atom. The molecule has 0 saturated carbocycles. The number of anilines is 1. The SMILES string of the molecule is COc1ccc2cc(OCc3ccccc3)c(N3CC(=O)NS3(=O)=O)c(F)c2c1. The van der Waals surface area contributed by atoms with Crippen molar-refractivity contribution in [3.63, 3.8) is 0 Å². The first kappa shape index (κ1) is 19.0. The third kappa shape index (κ3) is 3.56. The van der Waals surface area contributed by atoms with E-state index in [9.17, 15) is 13.2 Å². The van der Waals surface area contributed by atoms with Gasteiger partial charge in [-0.15, -0.1) is 0 Å². The molecule has 7 nitrogen and oxygen atoms in total. The van der Waals surface area contributed by atoms with Gasteiger partial charge in [0.15, 0.2) is 5.82 Å². The van der Waals surface area contributed by atoms with E-state index in [1.807, 2.05) is 35.1 Å². The van der Waals surface area contributed by atoms with Crippen LogP contribution in [0.5, 0.6) is 11.5 Å². The number of amides is 1. The molecule has 150 valence electrons. The van der Waals surface area contributed by atoms with Crippen molar-refractivity contribution in [1.29, 1.82) is 0 Å². The van der Waals surface area contributed by atoms with Crippen LogP contribution >= 0.6 is 0 Å². The van der Waals surface area contributed by atoms with Crippen LogP contribution in [0.3, 0.4) is 0 Å². The molecule has 0 bridgehead atoms. The molecule has 3 aromatic carbocycles. The summed E-state index contributed by atoms with van der Waals surface area (Å²) >= 11 is 0. The molecule has 1 saturated heterocycles. The van der Waals surface area contributed by atoms with Gasteiger partial charge in [-0.25, -0.2) is 13.4 Å². The van der Waals surface area contributed by atoms with Crippen LogP contribution in [0.2, 0.25) is 0 Å². The van der Waals surface area contributed by atoms with Crippen molar-refractivity contribution < 1.29 is 27.1 Å². The third-order valence-corrected chi connectivity index (χ3v) is 5.91. The number of benzene rings is 3. The van der Waals surface area contributed by atoms with Crippen molar-refractivity contribution >= 4 is 32.6 Å². The Hall–Kier alpha value is -3.33. The summed E-state index contributed by atoms with van der Waals surface area (Å²) in [6.45, 7) is -0.430. The molecule has 1 aliphatic rings. The second kappa shape index (κ2) is 7.25. The average Bonchev–Trinajstić information content (AvgIpc) is 2.98. The largest absolute Gasteiger partial charge is 0.497 e. The molecule has 1 amide bonds. The van der Waals surface area contributed by atoms with Crippen molar-refractivity contribution in [3.05, 3.63) is 66.0 Å². The predicted molar refractivity (Wildman–Crippen MR) is 106 cm³/mol. The molecule has 4 rings (SSSR count). The van der Waals surface area contributed by atoms with Gasteiger partial charge >= 0.3 is 10.2 Å². The molecule has 29 heavy (non-hydrogen) atoms. The highest BCUT2D eigenvalue weighted by atomic mass is 32.2. The fourth-order valence-corrected chi connectivity index (χ4v) is 4.31. The van der Waals surface area contributed by atoms with E-state index >= 15 is 4.39 Å². The van der Waals surface area contributed by atoms with Crippen molar-refractivity contribution in [3.8, 4) is 11.5 Å². The Labute approximate surface area is 166 Å². The van der Waals surface area contributed by atoms with Gasteiger partial charge in [-0.3, -0.25) is 4.79 Å². The fraction of sp³-hybridized carbons (Fsp3) is 0.150. The summed E-state index contributed by atoms with van der Waals surface area (Å²) in [5.41, 5.74) is 0.507. The van der Waals surface area contributed by atoms with Crippen LogP contribution in [0.4, 0.5) is 10.1 Å². The van der Waals surface area contributed by atoms with Crippen molar-refractivity contribution in [2.24, 2.45) is 0 Å². The van der Waals surface area contributed by atoms with Crippen molar-refractivity contribution in [2.75, 3.05) is 18.0 Å². The minimum absolute atomic E-state index is 0.0177. The molecule has 1 N–H and O–H groups in total. The van der Waals surface area contributed by atoms with Crippen LogP contribution in [0.25, 0.3) is 10.8 Å². The molecule has 0 unspecified atom stereocenters. The Bertz CT molecular complexity index is 1200. The number of ether oxygens (including phenoxy) is 2. The average molecular weight is 416 g/mol. The molecule has 1 heterocycles. The zero-order valence-electron chi connectivity index (χ0n) is 15.4. The molecule has 9 heteroatoms. The van der Waals surface area contributed by atoms with E-state index in [2.05, 4.69) is 0 Å². The maximum Gasteiger partial charge on any atom is 0.326 e. The van der Waals surface area contributed by atoms with Gasteiger partial charge in [-0.2, -0.15) is 8.42 Å². The minimum atomic E-state index is -4.22. The van der Waals surface area contributed by atoms with Gasteiger partial charge in [0, 0.05) is 5.39 Å². The highest BCUT2D eigenvalue weighted by Gasteiger charge is 2.38. The lowest BCUT2D eigenvalue weighted by molar-refractivity contribution is -0.117. The second-order valence-corrected chi connectivity index (χ2v) is 8.03. The number of nitrogens with zero attached hydrogens (tertiary/aromatic N) is 1. The quantitative estimate of drug-likeness (QED) is 0.691. The zero-order chi connectivity index (χ0) is 20.6. The van der Waals surface area contributed by atoms with E-state index < -0.39 is 28.5 Å². The van der Waals surface area contributed by atoms with E-state index in [1.54, 1.807) is 18.2 Å². The molecule has 1 aliphatic heterocycles. The highest BCUT2D eigenvalue weighted by Crippen LogP contribution is 2.40. The number of methoxy groups -OCH3 is 1. The maximum atomic E-state index is 15.5. The van der Waals surface area contributed by atoms with Gasteiger partial charge < -0.3 is 9.47 Å². The van der Waals surface area contributed by atoms with Crippen LogP contribution in [0.15, 0.2) is 54.6 Å². The number of rotatable bonds is 5. The van der Waals surface area contributed by atoms with Gasteiger partial charge in [-0.05, 0) is 29.1 Å². The summed E-state index contributed by atoms with van der Waals surface area (Å²) in [6.07, 6.45) is 0. The highest BCUT2D eigenvalue weighted by molar-refractivity contribution is 7.92. The number of carbonyl (C=O) groups excluding carboxylic acids is 1. The zero-order valence-corrected chi connectivity index (χ0v) is 16.2. The molecule has 3 aromatic rings. The summed E-state index contributed by atoms with van der Waals surface area (Å²) in [6, 6.07) is 15.5. The topological polar surface area (TPSA) is 84.9 Å². The lowest BCUT2D eigenvalue weighted by Gasteiger charge is -2.21. The fourth-order valence-electron chi connectivity index (χ4n) is 3.15. The predicted octanol–water partition coefficient (Wildman–Crippen LogP) is 2.75. The summed E-state index contributed by atoms with van der Waals surface area (Å²) in [5.74, 6) is -1.13. The van der Waals surface area contributed by atoms with Crippen molar-refractivity contribution in [1.82, 2.24) is 4.72 Å². The van der Waals surface area contributed by atoms with E-state index in [0.29, 0.717) is 15.4 Å². The first-order chi connectivity index (χ1) is 13.9. The summed E-state index contributed by atoms with van der Waals surface area (Å²) < 4.78 is 53.7. The molecule has 0 atom stereocenters. The lowest BCUT2D eigenvalue weighted by Crippen LogP contribution is -2.30. The molecule has 0 spiro atoms. The van der Waals surface area contributed by atoms with E-state index in [-0.39, 0.29) is 23.4 Å². The Morgan fingerprint density at radius 2 is 1.90 bits per heavy atom. The van der Waals surface area contributed by atoms with Gasteiger partial charge in [0.2, 0.25) is 0 Å². The normalized spacial score (nSPS) is 15.4. The van der Waals surface area contributed by atoms with Crippen LogP contribution < -0.4 is 18.5 Å². The smallest absolute Gasteiger partial charge is 0.326 e. The van der Waals surface area contributed by atoms with Crippen LogP contribution in [-0.4, -0.2) is 28.0 Å². The number of halogens is 1. The molecular weight excluding hydrogens is 399 g/mol. The summed E-state index contributed by atoms with van der Waals surface area (Å²) in [4.78, 5) is 11.7. The molecule has 0 aliphatic carbocycles. The minimum Gasteiger partial charge on any atom is -0.497 e. The number of hydrogen-bond donors (Lipinski definition) is 1. The van der Waals surface area contributed by atoms with Crippen LogP contribution in [0, 0.1) is 5.82 Å². The number of fused-ring (bicyclic) bond motifs is 1. The number of hydrogen-bond acceptors (Lipinski definition) is 5. The number of carbonyl (C=O) groups is 1. The van der Waals surface area contributed by atoms with Crippen LogP contribution in [-0.2, 0) is 21.6 Å². The van der Waals surface area contributed by atoms with Gasteiger partial charge in [0.05, 0.1) is 7.11 Å². The van der Waals surface area contributed by atoms with E-state index in [0.717, 1.165) is 5.56 Å². The Balaban J connectivity index is 1.87. The second-order valence-electron chi connectivity index (χ2n) is 6.44. The molecule has 0 radical (unpaired) electrons. The van der Waals surface area contributed by atoms with Gasteiger partial charge in [0.25, 0.3) is 5.91 Å². The van der Waals surface area contributed by atoms with Gasteiger partial charge in [-0.1, -0.05) is 36.4 Å². The molecule has 0 aromatic heterocycles. The molecular formula is C20H17FN2O5S. The molecule has 1 fully saturated rings. The lowest BCUT2D eigenvalue weighted by atomic mass is 10.1. The van der Waals surface area contributed by atoms with Crippen molar-refractivity contribution in [2.45, 2.75) is 6.61 Å². The monoisotopic (exact) mass is 416 g/mol. The Morgan fingerprint density at radius 3 is 2.55 bits per heavy atom. The third-order valence-electron chi connectivity index (χ3n) is 4.53. The Kier molecular flexibility index (Phi) is 4.75. The first-order valence-electron chi connectivity index (χ1n) is 8.69.